The van der Waals surface area contributed by atoms with Gasteiger partial charge in [-0.15, -0.1) is 0 Å². The number of nitrogens with one attached hydrogen (secondary N) is 1. The fourth-order valence-corrected chi connectivity index (χ4v) is 1.76. The van der Waals surface area contributed by atoms with E-state index in [4.69, 9.17) is 9.47 Å². The number of rotatable bonds is 8. The van der Waals surface area contributed by atoms with Crippen LogP contribution in [0.15, 0.2) is 24.3 Å². The first-order chi connectivity index (χ1) is 8.67. The van der Waals surface area contributed by atoms with E-state index in [0.29, 0.717) is 6.04 Å². The molecule has 0 bridgehead atoms. The zero-order valence-corrected chi connectivity index (χ0v) is 11.9. The van der Waals surface area contributed by atoms with Gasteiger partial charge in [0, 0.05) is 13.2 Å². The highest BCUT2D eigenvalue weighted by Gasteiger charge is 2.12. The van der Waals surface area contributed by atoms with Gasteiger partial charge in [0.1, 0.15) is 11.9 Å². The van der Waals surface area contributed by atoms with Crippen LogP contribution in [-0.4, -0.2) is 32.4 Å². The molecule has 2 unspecified atom stereocenters. The van der Waals surface area contributed by atoms with Crippen LogP contribution in [0.3, 0.4) is 0 Å². The van der Waals surface area contributed by atoms with Gasteiger partial charge < -0.3 is 14.8 Å². The minimum atomic E-state index is 0.162. The molecule has 0 aliphatic carbocycles. The van der Waals surface area contributed by atoms with Gasteiger partial charge in [0.2, 0.25) is 0 Å². The lowest BCUT2D eigenvalue weighted by Gasteiger charge is -2.22. The molecule has 1 aromatic rings. The molecule has 0 saturated heterocycles. The Morgan fingerprint density at radius 3 is 2.39 bits per heavy atom. The molecule has 0 aromatic heterocycles. The predicted octanol–water partition coefficient (Wildman–Crippen LogP) is 2.64. The number of likely N-dealkylation sites (N-methyl/N-ethyl adjacent to an activating group) is 1. The lowest BCUT2D eigenvalue weighted by Crippen LogP contribution is -2.38. The predicted molar refractivity (Wildman–Crippen MR) is 75.3 cm³/mol. The Hall–Kier alpha value is -1.06. The quantitative estimate of drug-likeness (QED) is 0.770. The zero-order chi connectivity index (χ0) is 13.4. The van der Waals surface area contributed by atoms with Gasteiger partial charge in [-0.1, -0.05) is 19.1 Å². The van der Waals surface area contributed by atoms with E-state index in [9.17, 15) is 0 Å². The van der Waals surface area contributed by atoms with Gasteiger partial charge in [-0.2, -0.15) is 0 Å². The Morgan fingerprint density at radius 1 is 1.17 bits per heavy atom. The molecule has 0 heterocycles. The number of ether oxygens (including phenoxy) is 2. The third-order valence-corrected chi connectivity index (χ3v) is 3.07. The Morgan fingerprint density at radius 2 is 1.83 bits per heavy atom. The third kappa shape index (κ3) is 5.07. The highest BCUT2D eigenvalue weighted by Crippen LogP contribution is 2.15. The van der Waals surface area contributed by atoms with Crippen molar-refractivity contribution in [1.29, 1.82) is 0 Å². The van der Waals surface area contributed by atoms with E-state index in [1.807, 2.05) is 12.1 Å². The summed E-state index contributed by atoms with van der Waals surface area (Å²) in [6.07, 6.45) is 1.11. The normalized spacial score (nSPS) is 14.2. The average molecular weight is 251 g/mol. The maximum atomic E-state index is 5.89. The topological polar surface area (TPSA) is 30.5 Å². The van der Waals surface area contributed by atoms with Crippen LogP contribution < -0.4 is 10.1 Å². The molecule has 102 valence electrons. The van der Waals surface area contributed by atoms with E-state index < -0.39 is 0 Å². The van der Waals surface area contributed by atoms with Crippen LogP contribution in [0.2, 0.25) is 0 Å². The fraction of sp³-hybridized carbons (Fsp3) is 0.600. The highest BCUT2D eigenvalue weighted by atomic mass is 16.5. The number of hydrogen-bond donors (Lipinski definition) is 1. The van der Waals surface area contributed by atoms with Crippen molar-refractivity contribution in [2.24, 2.45) is 0 Å². The van der Waals surface area contributed by atoms with Crippen molar-refractivity contribution >= 4 is 0 Å². The summed E-state index contributed by atoms with van der Waals surface area (Å²) in [5.41, 5.74) is 1.27. The molecule has 1 N–H and O–H groups in total. The summed E-state index contributed by atoms with van der Waals surface area (Å²) in [7, 11) is 1.72. The maximum absolute atomic E-state index is 5.89. The van der Waals surface area contributed by atoms with Crippen molar-refractivity contribution in [3.8, 4) is 5.75 Å². The molecule has 0 fully saturated rings. The molecule has 18 heavy (non-hydrogen) atoms. The average Bonchev–Trinajstić information content (AvgIpc) is 2.38. The maximum Gasteiger partial charge on any atom is 0.119 e. The van der Waals surface area contributed by atoms with Crippen molar-refractivity contribution in [2.75, 3.05) is 20.3 Å². The number of methoxy groups -OCH3 is 1. The molecule has 0 spiro atoms. The summed E-state index contributed by atoms with van der Waals surface area (Å²) in [5.74, 6) is 0.924. The van der Waals surface area contributed by atoms with Crippen molar-refractivity contribution in [1.82, 2.24) is 5.32 Å². The second-order valence-electron chi connectivity index (χ2n) is 4.56. The Kier molecular flexibility index (Phi) is 6.76. The van der Waals surface area contributed by atoms with Crippen LogP contribution in [-0.2, 0) is 11.2 Å². The molecule has 0 radical (unpaired) electrons. The lowest BCUT2D eigenvalue weighted by atomic mass is 10.1. The molecular formula is C15H25NO2. The third-order valence-electron chi connectivity index (χ3n) is 3.07. The first-order valence-electron chi connectivity index (χ1n) is 6.65. The molecule has 0 aliphatic rings. The van der Waals surface area contributed by atoms with Gasteiger partial charge in [-0.3, -0.25) is 0 Å². The van der Waals surface area contributed by atoms with Crippen LogP contribution in [0.25, 0.3) is 0 Å². The summed E-state index contributed by atoms with van der Waals surface area (Å²) in [4.78, 5) is 0. The molecule has 3 heteroatoms. The van der Waals surface area contributed by atoms with Crippen LogP contribution in [0.5, 0.6) is 5.75 Å². The van der Waals surface area contributed by atoms with Crippen molar-refractivity contribution in [2.45, 2.75) is 39.3 Å². The Bertz CT molecular complexity index is 324. The Balaban J connectivity index is 2.47. The number of benzene rings is 1. The first kappa shape index (κ1) is 15.0. The van der Waals surface area contributed by atoms with Gasteiger partial charge in [0.05, 0.1) is 6.61 Å². The molecule has 0 aliphatic heterocycles. The van der Waals surface area contributed by atoms with Crippen LogP contribution in [0.4, 0.5) is 0 Å². The van der Waals surface area contributed by atoms with Crippen molar-refractivity contribution < 1.29 is 9.47 Å². The van der Waals surface area contributed by atoms with E-state index in [-0.39, 0.29) is 6.10 Å². The fourth-order valence-electron chi connectivity index (χ4n) is 1.76. The molecule has 2 atom stereocenters. The van der Waals surface area contributed by atoms with Crippen molar-refractivity contribution in [3.63, 3.8) is 0 Å². The molecule has 0 amide bonds. The second kappa shape index (κ2) is 8.11. The van der Waals surface area contributed by atoms with Crippen LogP contribution >= 0.6 is 0 Å². The van der Waals surface area contributed by atoms with Gasteiger partial charge in [0.15, 0.2) is 0 Å². The minimum Gasteiger partial charge on any atom is -0.489 e. The van der Waals surface area contributed by atoms with E-state index in [1.54, 1.807) is 7.11 Å². The smallest absolute Gasteiger partial charge is 0.119 e. The summed E-state index contributed by atoms with van der Waals surface area (Å²) >= 11 is 0. The minimum absolute atomic E-state index is 0.162. The zero-order valence-electron chi connectivity index (χ0n) is 11.9. The molecule has 3 nitrogen and oxygen atoms in total. The van der Waals surface area contributed by atoms with Crippen LogP contribution in [0, 0.1) is 0 Å². The summed E-state index contributed by atoms with van der Waals surface area (Å²) in [6, 6.07) is 8.60. The summed E-state index contributed by atoms with van der Waals surface area (Å²) in [6.45, 7) is 8.06. The van der Waals surface area contributed by atoms with Gasteiger partial charge in [0.25, 0.3) is 0 Å². The van der Waals surface area contributed by atoms with Gasteiger partial charge in [-0.25, -0.2) is 0 Å². The standard InChI is InChI=1S/C15H25NO2/c1-5-16-12(2)13(3)18-15-8-6-14(7-9-15)10-11-17-4/h6-9,12-13,16H,5,10-11H2,1-4H3. The molecule has 0 saturated carbocycles. The van der Waals surface area contributed by atoms with Crippen molar-refractivity contribution in [3.05, 3.63) is 29.8 Å². The highest BCUT2D eigenvalue weighted by molar-refractivity contribution is 5.27. The van der Waals surface area contributed by atoms with E-state index in [2.05, 4.69) is 38.2 Å². The molecular weight excluding hydrogens is 226 g/mol. The second-order valence-corrected chi connectivity index (χ2v) is 4.56. The molecule has 1 rings (SSSR count). The van der Waals surface area contributed by atoms with Gasteiger partial charge >= 0.3 is 0 Å². The monoisotopic (exact) mass is 251 g/mol. The Labute approximate surface area is 110 Å². The first-order valence-corrected chi connectivity index (χ1v) is 6.65. The molecule has 1 aromatic carbocycles. The van der Waals surface area contributed by atoms with Crippen LogP contribution in [0.1, 0.15) is 26.3 Å². The van der Waals surface area contributed by atoms with E-state index in [1.165, 1.54) is 5.56 Å². The lowest BCUT2D eigenvalue weighted by molar-refractivity contribution is 0.179. The number of hydrogen-bond acceptors (Lipinski definition) is 3. The van der Waals surface area contributed by atoms with E-state index in [0.717, 1.165) is 25.3 Å². The van der Waals surface area contributed by atoms with E-state index >= 15 is 0 Å². The van der Waals surface area contributed by atoms with Gasteiger partial charge in [-0.05, 0) is 44.5 Å². The summed E-state index contributed by atoms with van der Waals surface area (Å²) < 4.78 is 11.0. The summed E-state index contributed by atoms with van der Waals surface area (Å²) in [5, 5.41) is 3.36. The SMILES string of the molecule is CCNC(C)C(C)Oc1ccc(CCOC)cc1. The largest absolute Gasteiger partial charge is 0.489 e.